The highest BCUT2D eigenvalue weighted by Gasteiger charge is 2.37. The van der Waals surface area contributed by atoms with Gasteiger partial charge in [-0.25, -0.2) is 0 Å². The van der Waals surface area contributed by atoms with Crippen LogP contribution in [0.1, 0.15) is 50.8 Å². The number of aryl methyl sites for hydroxylation is 2. The fourth-order valence-corrected chi connectivity index (χ4v) is 3.21. The molecule has 0 saturated carbocycles. The highest BCUT2D eigenvalue weighted by molar-refractivity contribution is 5.30. The Labute approximate surface area is 130 Å². The van der Waals surface area contributed by atoms with Crippen LogP contribution in [0, 0.1) is 19.8 Å². The highest BCUT2D eigenvalue weighted by atomic mass is 15.3. The van der Waals surface area contributed by atoms with Crippen molar-refractivity contribution in [3.8, 4) is 0 Å². The minimum Gasteiger partial charge on any atom is -0.311 e. The molecule has 0 bridgehead atoms. The molecule has 118 valence electrons. The van der Waals surface area contributed by atoms with Crippen molar-refractivity contribution >= 4 is 0 Å². The number of hydrogen-bond donors (Lipinski definition) is 1. The lowest BCUT2D eigenvalue weighted by molar-refractivity contribution is 0.0315. The van der Waals surface area contributed by atoms with Gasteiger partial charge in [-0.05, 0) is 44.2 Å². The van der Waals surface area contributed by atoms with Crippen LogP contribution in [-0.4, -0.2) is 29.6 Å². The van der Waals surface area contributed by atoms with E-state index in [1.165, 1.54) is 23.1 Å². The zero-order chi connectivity index (χ0) is 15.6. The van der Waals surface area contributed by atoms with E-state index >= 15 is 0 Å². The first-order valence-electron chi connectivity index (χ1n) is 8.40. The predicted molar refractivity (Wildman–Crippen MR) is 91.7 cm³/mol. The molecule has 1 aromatic rings. The predicted octanol–water partition coefficient (Wildman–Crippen LogP) is 3.90. The molecule has 2 rings (SSSR count). The van der Waals surface area contributed by atoms with E-state index in [-0.39, 0.29) is 5.54 Å². The summed E-state index contributed by atoms with van der Waals surface area (Å²) in [5.74, 6) is 0.688. The van der Waals surface area contributed by atoms with Crippen LogP contribution < -0.4 is 5.32 Å². The zero-order valence-electron chi connectivity index (χ0n) is 14.7. The molecule has 1 aliphatic heterocycles. The monoisotopic (exact) mass is 288 g/mol. The Hall–Kier alpha value is -0.860. The average molecular weight is 288 g/mol. The average Bonchev–Trinajstić information content (AvgIpc) is 2.45. The first-order chi connectivity index (χ1) is 9.85. The minimum absolute atomic E-state index is 0.265. The maximum absolute atomic E-state index is 3.76. The molecule has 0 aromatic heterocycles. The summed E-state index contributed by atoms with van der Waals surface area (Å²) >= 11 is 0. The van der Waals surface area contributed by atoms with E-state index in [0.29, 0.717) is 12.0 Å². The molecule has 2 unspecified atom stereocenters. The van der Waals surface area contributed by atoms with E-state index in [9.17, 15) is 0 Å². The summed E-state index contributed by atoms with van der Waals surface area (Å²) in [4.78, 5) is 2.70. The molecule has 2 nitrogen and oxygen atoms in total. The number of piperazine rings is 1. The molecule has 0 radical (unpaired) electrons. The second-order valence-electron chi connectivity index (χ2n) is 7.39. The quantitative estimate of drug-likeness (QED) is 0.904. The van der Waals surface area contributed by atoms with Crippen molar-refractivity contribution in [3.63, 3.8) is 0 Å². The Balaban J connectivity index is 2.22. The van der Waals surface area contributed by atoms with Gasteiger partial charge in [0.25, 0.3) is 0 Å². The van der Waals surface area contributed by atoms with Gasteiger partial charge in [-0.2, -0.15) is 0 Å². The maximum atomic E-state index is 3.76. The van der Waals surface area contributed by atoms with Crippen molar-refractivity contribution in [2.24, 2.45) is 5.92 Å². The molecule has 0 amide bonds. The molecule has 1 N–H and O–H groups in total. The lowest BCUT2D eigenvalue weighted by Crippen LogP contribution is -2.63. The summed E-state index contributed by atoms with van der Waals surface area (Å²) in [6.07, 6.45) is 1.19. The second-order valence-corrected chi connectivity index (χ2v) is 7.39. The highest BCUT2D eigenvalue weighted by Crippen LogP contribution is 2.27. The molecule has 21 heavy (non-hydrogen) atoms. The van der Waals surface area contributed by atoms with Crippen molar-refractivity contribution in [1.29, 1.82) is 0 Å². The standard InChI is InChI=1S/C19H32N2/c1-7-19(6)13-20-18(14(2)3)12-21(19)11-17-10-15(4)8-9-16(17)5/h8-10,14,18,20H,7,11-13H2,1-6H3. The Morgan fingerprint density at radius 1 is 1.33 bits per heavy atom. The third-order valence-corrected chi connectivity index (χ3v) is 5.36. The molecule has 1 aromatic carbocycles. The van der Waals surface area contributed by atoms with Gasteiger partial charge in [0, 0.05) is 31.2 Å². The Morgan fingerprint density at radius 3 is 2.67 bits per heavy atom. The fraction of sp³-hybridized carbons (Fsp3) is 0.684. The van der Waals surface area contributed by atoms with Crippen molar-refractivity contribution in [1.82, 2.24) is 10.2 Å². The second kappa shape index (κ2) is 6.50. The summed E-state index contributed by atoms with van der Waals surface area (Å²) in [7, 11) is 0. The third-order valence-electron chi connectivity index (χ3n) is 5.36. The van der Waals surface area contributed by atoms with E-state index in [2.05, 4.69) is 70.0 Å². The lowest BCUT2D eigenvalue weighted by atomic mass is 9.88. The van der Waals surface area contributed by atoms with Crippen LogP contribution in [0.15, 0.2) is 18.2 Å². The maximum Gasteiger partial charge on any atom is 0.0307 e. The SMILES string of the molecule is CCC1(C)CNC(C(C)C)CN1Cc1cc(C)ccc1C. The van der Waals surface area contributed by atoms with Crippen molar-refractivity contribution < 1.29 is 0 Å². The van der Waals surface area contributed by atoms with Crippen molar-refractivity contribution in [3.05, 3.63) is 34.9 Å². The Bertz CT molecular complexity index is 480. The van der Waals surface area contributed by atoms with Gasteiger partial charge in [0.1, 0.15) is 0 Å². The van der Waals surface area contributed by atoms with Crippen LogP contribution in [-0.2, 0) is 6.54 Å². The third kappa shape index (κ3) is 3.67. The Morgan fingerprint density at radius 2 is 2.05 bits per heavy atom. The first-order valence-corrected chi connectivity index (χ1v) is 8.40. The molecule has 1 saturated heterocycles. The van der Waals surface area contributed by atoms with E-state index in [1.807, 2.05) is 0 Å². The number of rotatable bonds is 4. The van der Waals surface area contributed by atoms with Gasteiger partial charge in [-0.1, -0.05) is 44.5 Å². The molecule has 1 heterocycles. The van der Waals surface area contributed by atoms with Crippen LogP contribution in [0.5, 0.6) is 0 Å². The first kappa shape index (κ1) is 16.5. The topological polar surface area (TPSA) is 15.3 Å². The summed E-state index contributed by atoms with van der Waals surface area (Å²) in [6, 6.07) is 7.44. The summed E-state index contributed by atoms with van der Waals surface area (Å²) < 4.78 is 0. The molecule has 1 fully saturated rings. The van der Waals surface area contributed by atoms with Gasteiger partial charge in [0.2, 0.25) is 0 Å². The van der Waals surface area contributed by atoms with Gasteiger partial charge in [-0.3, -0.25) is 4.90 Å². The molecule has 0 spiro atoms. The molecule has 0 aliphatic carbocycles. The summed E-state index contributed by atoms with van der Waals surface area (Å²) in [5, 5.41) is 3.76. The number of nitrogens with one attached hydrogen (secondary N) is 1. The van der Waals surface area contributed by atoms with Crippen molar-refractivity contribution in [2.45, 2.75) is 66.1 Å². The van der Waals surface area contributed by atoms with Crippen molar-refractivity contribution in [2.75, 3.05) is 13.1 Å². The smallest absolute Gasteiger partial charge is 0.0307 e. The van der Waals surface area contributed by atoms with Crippen LogP contribution in [0.25, 0.3) is 0 Å². The minimum atomic E-state index is 0.265. The van der Waals surface area contributed by atoms with Gasteiger partial charge in [0.15, 0.2) is 0 Å². The van der Waals surface area contributed by atoms with E-state index < -0.39 is 0 Å². The Kier molecular flexibility index (Phi) is 5.11. The summed E-state index contributed by atoms with van der Waals surface area (Å²) in [5.41, 5.74) is 4.53. The van der Waals surface area contributed by atoms with Crippen LogP contribution in [0.4, 0.5) is 0 Å². The van der Waals surface area contributed by atoms with Gasteiger partial charge >= 0.3 is 0 Å². The van der Waals surface area contributed by atoms with E-state index in [0.717, 1.165) is 19.6 Å². The molecule has 2 heteroatoms. The molecular formula is C19H32N2. The van der Waals surface area contributed by atoms with E-state index in [4.69, 9.17) is 0 Å². The van der Waals surface area contributed by atoms with Crippen LogP contribution >= 0.6 is 0 Å². The molecule has 2 atom stereocenters. The van der Waals surface area contributed by atoms with Crippen LogP contribution in [0.3, 0.4) is 0 Å². The normalized spacial score (nSPS) is 27.3. The number of hydrogen-bond acceptors (Lipinski definition) is 2. The lowest BCUT2D eigenvalue weighted by Gasteiger charge is -2.49. The molecular weight excluding hydrogens is 256 g/mol. The van der Waals surface area contributed by atoms with Crippen LogP contribution in [0.2, 0.25) is 0 Å². The van der Waals surface area contributed by atoms with Gasteiger partial charge in [-0.15, -0.1) is 0 Å². The van der Waals surface area contributed by atoms with Gasteiger partial charge in [0.05, 0.1) is 0 Å². The summed E-state index contributed by atoms with van der Waals surface area (Å²) in [6.45, 7) is 17.1. The van der Waals surface area contributed by atoms with Gasteiger partial charge < -0.3 is 5.32 Å². The number of benzene rings is 1. The number of nitrogens with zero attached hydrogens (tertiary/aromatic N) is 1. The zero-order valence-corrected chi connectivity index (χ0v) is 14.7. The fourth-order valence-electron chi connectivity index (χ4n) is 3.21. The molecule has 1 aliphatic rings. The van der Waals surface area contributed by atoms with E-state index in [1.54, 1.807) is 0 Å². The largest absolute Gasteiger partial charge is 0.311 e.